The fourth-order valence-electron chi connectivity index (χ4n) is 3.14. The van der Waals surface area contributed by atoms with Crippen LogP contribution in [-0.4, -0.2) is 33.2 Å². The average molecular weight is 388 g/mol. The molecule has 0 spiro atoms. The van der Waals surface area contributed by atoms with Crippen molar-refractivity contribution in [3.8, 4) is 5.75 Å². The number of ether oxygens (including phenoxy) is 1. The maximum atomic E-state index is 12.6. The standard InChI is InChI=1S/C18H26ClNO4S/c1-13(18(21)20-11-14-6-4-3-5-7-14)25(22,23)12-15-10-16(19)8-9-17(15)24-2/h8-10,13-14H,3-7,11-12H2,1-2H3,(H,20,21). The topological polar surface area (TPSA) is 72.5 Å². The van der Waals surface area contributed by atoms with Gasteiger partial charge in [-0.2, -0.15) is 0 Å². The number of rotatable bonds is 7. The number of amides is 1. The van der Waals surface area contributed by atoms with Gasteiger partial charge < -0.3 is 10.1 Å². The van der Waals surface area contributed by atoms with Crippen LogP contribution in [0.15, 0.2) is 18.2 Å². The van der Waals surface area contributed by atoms with Crippen LogP contribution < -0.4 is 10.1 Å². The van der Waals surface area contributed by atoms with Gasteiger partial charge in [-0.3, -0.25) is 4.79 Å². The first-order valence-electron chi connectivity index (χ1n) is 8.65. The lowest BCUT2D eigenvalue weighted by molar-refractivity contribution is -0.120. The van der Waals surface area contributed by atoms with E-state index in [4.69, 9.17) is 16.3 Å². The molecule has 1 aliphatic carbocycles. The number of nitrogens with one attached hydrogen (secondary N) is 1. The molecule has 0 saturated heterocycles. The molecule has 1 amide bonds. The first-order chi connectivity index (χ1) is 11.8. The van der Waals surface area contributed by atoms with E-state index >= 15 is 0 Å². The molecule has 1 saturated carbocycles. The molecule has 0 bridgehead atoms. The molecule has 5 nitrogen and oxygen atoms in total. The van der Waals surface area contributed by atoms with Gasteiger partial charge in [-0.05, 0) is 43.9 Å². The van der Waals surface area contributed by atoms with Crippen LogP contribution in [-0.2, 0) is 20.4 Å². The molecule has 1 atom stereocenters. The van der Waals surface area contributed by atoms with Crippen LogP contribution in [0.5, 0.6) is 5.75 Å². The van der Waals surface area contributed by atoms with Gasteiger partial charge in [0.15, 0.2) is 9.84 Å². The molecule has 7 heteroatoms. The molecule has 1 N–H and O–H groups in total. The van der Waals surface area contributed by atoms with Crippen molar-refractivity contribution >= 4 is 27.3 Å². The summed E-state index contributed by atoms with van der Waals surface area (Å²) in [5.74, 6) is 0.185. The van der Waals surface area contributed by atoms with Gasteiger partial charge >= 0.3 is 0 Å². The van der Waals surface area contributed by atoms with E-state index in [1.54, 1.807) is 18.2 Å². The quantitative estimate of drug-likeness (QED) is 0.778. The van der Waals surface area contributed by atoms with Crippen molar-refractivity contribution in [2.45, 2.75) is 50.0 Å². The smallest absolute Gasteiger partial charge is 0.238 e. The summed E-state index contributed by atoms with van der Waals surface area (Å²) in [6, 6.07) is 4.82. The summed E-state index contributed by atoms with van der Waals surface area (Å²) in [5, 5.41) is 2.13. The Morgan fingerprint density at radius 2 is 2.00 bits per heavy atom. The molecule has 0 aliphatic heterocycles. The summed E-state index contributed by atoms with van der Waals surface area (Å²) >= 11 is 5.95. The van der Waals surface area contributed by atoms with Crippen LogP contribution in [0.25, 0.3) is 0 Å². The highest BCUT2D eigenvalue weighted by Gasteiger charge is 2.29. The van der Waals surface area contributed by atoms with E-state index in [9.17, 15) is 13.2 Å². The Hall–Kier alpha value is -1.27. The summed E-state index contributed by atoms with van der Waals surface area (Å²) < 4.78 is 30.4. The summed E-state index contributed by atoms with van der Waals surface area (Å²) in [4.78, 5) is 12.3. The molecule has 140 valence electrons. The van der Waals surface area contributed by atoms with Crippen molar-refractivity contribution in [3.63, 3.8) is 0 Å². The number of methoxy groups -OCH3 is 1. The molecule has 1 aliphatic rings. The van der Waals surface area contributed by atoms with Gasteiger partial charge in [0.2, 0.25) is 5.91 Å². The minimum Gasteiger partial charge on any atom is -0.496 e. The van der Waals surface area contributed by atoms with Crippen molar-refractivity contribution in [1.82, 2.24) is 5.32 Å². The van der Waals surface area contributed by atoms with Crippen LogP contribution in [0.3, 0.4) is 0 Å². The molecule has 1 aromatic carbocycles. The summed E-state index contributed by atoms with van der Waals surface area (Å²) in [7, 11) is -2.19. The predicted octanol–water partition coefficient (Wildman–Crippen LogP) is 3.35. The minimum absolute atomic E-state index is 0.283. The van der Waals surface area contributed by atoms with Crippen molar-refractivity contribution < 1.29 is 17.9 Å². The zero-order chi connectivity index (χ0) is 18.4. The Morgan fingerprint density at radius 1 is 1.32 bits per heavy atom. The Bertz CT molecular complexity index is 699. The fraction of sp³-hybridized carbons (Fsp3) is 0.611. The third kappa shape index (κ3) is 5.61. The van der Waals surface area contributed by atoms with E-state index in [1.807, 2.05) is 0 Å². The monoisotopic (exact) mass is 387 g/mol. The third-order valence-electron chi connectivity index (χ3n) is 4.80. The number of halogens is 1. The zero-order valence-electron chi connectivity index (χ0n) is 14.8. The Kier molecular flexibility index (Phi) is 7.14. The fourth-order valence-corrected chi connectivity index (χ4v) is 4.66. The maximum absolute atomic E-state index is 12.6. The van der Waals surface area contributed by atoms with E-state index in [-0.39, 0.29) is 5.75 Å². The first kappa shape index (κ1) is 20.0. The number of carbonyl (C=O) groups excluding carboxylic acids is 1. The molecule has 0 radical (unpaired) electrons. The number of benzene rings is 1. The number of hydrogen-bond acceptors (Lipinski definition) is 4. The van der Waals surface area contributed by atoms with Gasteiger partial charge in [0, 0.05) is 17.1 Å². The average Bonchev–Trinajstić information content (AvgIpc) is 2.59. The molecule has 1 unspecified atom stereocenters. The lowest BCUT2D eigenvalue weighted by Gasteiger charge is -2.22. The van der Waals surface area contributed by atoms with Crippen LogP contribution in [0.2, 0.25) is 5.02 Å². The summed E-state index contributed by atoms with van der Waals surface area (Å²) in [5.41, 5.74) is 0.460. The summed E-state index contributed by atoms with van der Waals surface area (Å²) in [6.45, 7) is 1.99. The largest absolute Gasteiger partial charge is 0.496 e. The Morgan fingerprint density at radius 3 is 2.64 bits per heavy atom. The second-order valence-corrected chi connectivity index (χ2v) is 9.41. The highest BCUT2D eigenvalue weighted by atomic mass is 35.5. The van der Waals surface area contributed by atoms with Crippen molar-refractivity contribution in [3.05, 3.63) is 28.8 Å². The van der Waals surface area contributed by atoms with Gasteiger partial charge in [-0.1, -0.05) is 30.9 Å². The zero-order valence-corrected chi connectivity index (χ0v) is 16.3. The van der Waals surface area contributed by atoms with Crippen molar-refractivity contribution in [2.75, 3.05) is 13.7 Å². The van der Waals surface area contributed by atoms with E-state index in [0.717, 1.165) is 12.8 Å². The summed E-state index contributed by atoms with van der Waals surface area (Å²) in [6.07, 6.45) is 5.81. The maximum Gasteiger partial charge on any atom is 0.238 e. The first-order valence-corrected chi connectivity index (χ1v) is 10.7. The van der Waals surface area contributed by atoms with Crippen molar-refractivity contribution in [1.29, 1.82) is 0 Å². The third-order valence-corrected chi connectivity index (χ3v) is 7.04. The van der Waals surface area contributed by atoms with E-state index in [1.165, 1.54) is 33.3 Å². The number of carbonyl (C=O) groups is 1. The van der Waals surface area contributed by atoms with Crippen LogP contribution >= 0.6 is 11.6 Å². The molecule has 25 heavy (non-hydrogen) atoms. The van der Waals surface area contributed by atoms with Gasteiger partial charge in [-0.15, -0.1) is 0 Å². The number of hydrogen-bond donors (Lipinski definition) is 1. The second-order valence-electron chi connectivity index (χ2n) is 6.65. The molecule has 1 fully saturated rings. The van der Waals surface area contributed by atoms with Gasteiger partial charge in [-0.25, -0.2) is 8.42 Å². The van der Waals surface area contributed by atoms with Crippen molar-refractivity contribution in [2.24, 2.45) is 5.92 Å². The van der Waals surface area contributed by atoms with Gasteiger partial charge in [0.05, 0.1) is 12.9 Å². The van der Waals surface area contributed by atoms with E-state index in [2.05, 4.69) is 5.32 Å². The van der Waals surface area contributed by atoms with Gasteiger partial charge in [0.1, 0.15) is 11.0 Å². The van der Waals surface area contributed by atoms with Gasteiger partial charge in [0.25, 0.3) is 0 Å². The number of sulfone groups is 1. The highest BCUT2D eigenvalue weighted by Crippen LogP contribution is 2.26. The van der Waals surface area contributed by atoms with E-state index < -0.39 is 21.0 Å². The van der Waals surface area contributed by atoms with Crippen LogP contribution in [0.4, 0.5) is 0 Å². The molecular weight excluding hydrogens is 362 g/mol. The lowest BCUT2D eigenvalue weighted by atomic mass is 9.89. The molecule has 0 aromatic heterocycles. The molecule has 2 rings (SSSR count). The Balaban J connectivity index is 2.00. The lowest BCUT2D eigenvalue weighted by Crippen LogP contribution is -2.40. The second kappa shape index (κ2) is 8.90. The normalized spacial score (nSPS) is 17.1. The SMILES string of the molecule is COc1ccc(Cl)cc1CS(=O)(=O)C(C)C(=O)NCC1CCCCC1. The van der Waals surface area contributed by atoms with Crippen LogP contribution in [0, 0.1) is 5.92 Å². The predicted molar refractivity (Wildman–Crippen MR) is 99.7 cm³/mol. The Labute approximate surface area is 155 Å². The molecule has 1 aromatic rings. The molecule has 0 heterocycles. The van der Waals surface area contributed by atoms with Crippen LogP contribution in [0.1, 0.15) is 44.6 Å². The minimum atomic E-state index is -3.67. The van der Waals surface area contributed by atoms with E-state index in [0.29, 0.717) is 28.8 Å². The molecular formula is C18H26ClNO4S. The highest BCUT2D eigenvalue weighted by molar-refractivity contribution is 7.92.